The number of rotatable bonds is 7. The van der Waals surface area contributed by atoms with E-state index in [1.807, 2.05) is 0 Å². The number of halogens is 4. The van der Waals surface area contributed by atoms with E-state index in [0.717, 1.165) is 12.1 Å². The van der Waals surface area contributed by atoms with Gasteiger partial charge in [-0.15, -0.1) is 0 Å². The van der Waals surface area contributed by atoms with Crippen molar-refractivity contribution < 1.29 is 32.9 Å². The van der Waals surface area contributed by atoms with Gasteiger partial charge in [-0.05, 0) is 56.3 Å². The van der Waals surface area contributed by atoms with Crippen LogP contribution in [-0.2, 0) is 6.18 Å². The Hall–Kier alpha value is -3.61. The number of ether oxygens (including phenoxy) is 1. The summed E-state index contributed by atoms with van der Waals surface area (Å²) in [4.78, 5) is 20.2. The molecule has 0 aliphatic heterocycles. The molecule has 186 valence electrons. The van der Waals surface area contributed by atoms with Crippen molar-refractivity contribution in [3.8, 4) is 11.6 Å². The largest absolute Gasteiger partial charge is 0.439 e. The van der Waals surface area contributed by atoms with Crippen LogP contribution >= 0.6 is 11.6 Å². The molecule has 5 N–H and O–H groups in total. The molecule has 0 saturated carbocycles. The average molecular weight is 512 g/mol. The Morgan fingerprint density at radius 1 is 1.09 bits per heavy atom. The van der Waals surface area contributed by atoms with Crippen molar-refractivity contribution in [2.24, 2.45) is 0 Å². The highest BCUT2D eigenvalue weighted by Crippen LogP contribution is 2.36. The highest BCUT2D eigenvalue weighted by Gasteiger charge is 2.33. The molecule has 0 aliphatic rings. The minimum atomic E-state index is -4.66. The third-order valence-corrected chi connectivity index (χ3v) is 5.00. The first kappa shape index (κ1) is 26.0. The van der Waals surface area contributed by atoms with Gasteiger partial charge in [-0.2, -0.15) is 18.2 Å². The van der Waals surface area contributed by atoms with E-state index in [1.54, 1.807) is 0 Å². The minimum Gasteiger partial charge on any atom is -0.439 e. The van der Waals surface area contributed by atoms with Crippen molar-refractivity contribution >= 4 is 35.0 Å². The molecule has 0 spiro atoms. The molecule has 2 aromatic carbocycles. The van der Waals surface area contributed by atoms with E-state index < -0.39 is 34.6 Å². The molecular weight excluding hydrogens is 491 g/mol. The zero-order chi connectivity index (χ0) is 25.8. The number of nitrogens with zero attached hydrogens (tertiary/aromatic N) is 2. The van der Waals surface area contributed by atoms with Crippen molar-refractivity contribution in [1.29, 1.82) is 0 Å². The molecule has 0 aliphatic carbocycles. The van der Waals surface area contributed by atoms with Gasteiger partial charge in [0.15, 0.2) is 5.72 Å². The molecule has 1 heterocycles. The summed E-state index contributed by atoms with van der Waals surface area (Å²) in [6, 6.07) is 9.83. The molecule has 3 rings (SSSR count). The van der Waals surface area contributed by atoms with Crippen LogP contribution in [0.1, 0.15) is 19.4 Å². The van der Waals surface area contributed by atoms with E-state index in [4.69, 9.17) is 16.3 Å². The molecule has 13 heteroatoms. The maximum atomic E-state index is 13.0. The number of hydrogen-bond donors (Lipinski definition) is 5. The van der Waals surface area contributed by atoms with Crippen molar-refractivity contribution in [3.63, 3.8) is 0 Å². The molecule has 9 nitrogen and oxygen atoms in total. The number of carbonyl (C=O) groups excluding carboxylic acids is 1. The Morgan fingerprint density at radius 2 is 1.71 bits per heavy atom. The first-order valence-electron chi connectivity index (χ1n) is 10.1. The first-order valence-corrected chi connectivity index (χ1v) is 10.5. The van der Waals surface area contributed by atoms with Crippen molar-refractivity contribution in [2.75, 3.05) is 16.0 Å². The Bertz CT molecular complexity index is 1190. The van der Waals surface area contributed by atoms with E-state index in [1.165, 1.54) is 56.4 Å². The Balaban J connectivity index is 1.61. The molecule has 35 heavy (non-hydrogen) atoms. The van der Waals surface area contributed by atoms with Crippen LogP contribution in [0.4, 0.5) is 35.3 Å². The molecule has 3 aromatic rings. The van der Waals surface area contributed by atoms with Crippen LogP contribution in [0.15, 0.2) is 54.7 Å². The van der Waals surface area contributed by atoms with Crippen LogP contribution in [0.25, 0.3) is 0 Å². The molecule has 0 radical (unpaired) electrons. The quantitative estimate of drug-likeness (QED) is 0.279. The maximum Gasteiger partial charge on any atom is 0.417 e. The van der Waals surface area contributed by atoms with Gasteiger partial charge in [-0.25, -0.2) is 9.78 Å². The zero-order valence-electron chi connectivity index (χ0n) is 18.4. The fourth-order valence-electron chi connectivity index (χ4n) is 2.63. The van der Waals surface area contributed by atoms with Gasteiger partial charge in [0, 0.05) is 23.6 Å². The fourth-order valence-corrected chi connectivity index (χ4v) is 2.86. The standard InChI is InChI=1S/C22H21ClF3N5O4/c1-12(32)21(2,34)31-19-27-10-9-18(30-19)35-15-6-3-13(4-7-15)28-20(33)29-14-5-8-17(23)16(11-14)22(24,25)26/h3-12,32,34H,1-2H3,(H,27,30,31)(H2,28,29,33)/t12-,21-/m1/s1. The number of anilines is 3. The normalized spacial score (nSPS) is 13.9. The lowest BCUT2D eigenvalue weighted by atomic mass is 10.1. The van der Waals surface area contributed by atoms with Crippen molar-refractivity contribution in [1.82, 2.24) is 9.97 Å². The predicted octanol–water partition coefficient (Wildman–Crippen LogP) is 5.09. The lowest BCUT2D eigenvalue weighted by Crippen LogP contribution is -2.45. The summed E-state index contributed by atoms with van der Waals surface area (Å²) in [7, 11) is 0. The Morgan fingerprint density at radius 3 is 2.34 bits per heavy atom. The van der Waals surface area contributed by atoms with Crippen LogP contribution in [0.5, 0.6) is 11.6 Å². The monoisotopic (exact) mass is 511 g/mol. The van der Waals surface area contributed by atoms with Gasteiger partial charge in [0.05, 0.1) is 16.7 Å². The van der Waals surface area contributed by atoms with Crippen LogP contribution < -0.4 is 20.7 Å². The number of aliphatic hydroxyl groups excluding tert-OH is 1. The minimum absolute atomic E-state index is 0.0271. The van der Waals surface area contributed by atoms with Gasteiger partial charge < -0.3 is 30.9 Å². The number of alkyl halides is 3. The molecule has 0 unspecified atom stereocenters. The summed E-state index contributed by atoms with van der Waals surface area (Å²) in [5, 5.41) is 26.6. The lowest BCUT2D eigenvalue weighted by Gasteiger charge is -2.27. The number of carbonyl (C=O) groups is 1. The van der Waals surface area contributed by atoms with E-state index in [2.05, 4.69) is 25.9 Å². The first-order chi connectivity index (χ1) is 16.3. The van der Waals surface area contributed by atoms with Gasteiger partial charge in [0.2, 0.25) is 11.8 Å². The number of benzene rings is 2. The van der Waals surface area contributed by atoms with Crippen LogP contribution in [0.3, 0.4) is 0 Å². The third kappa shape index (κ3) is 7.18. The van der Waals surface area contributed by atoms with Gasteiger partial charge in [-0.1, -0.05) is 11.6 Å². The van der Waals surface area contributed by atoms with Gasteiger partial charge in [-0.3, -0.25) is 0 Å². The number of amides is 2. The number of urea groups is 1. The lowest BCUT2D eigenvalue weighted by molar-refractivity contribution is -0.137. The van der Waals surface area contributed by atoms with Crippen molar-refractivity contribution in [3.05, 3.63) is 65.3 Å². The highest BCUT2D eigenvalue weighted by molar-refractivity contribution is 6.31. The maximum absolute atomic E-state index is 13.0. The highest BCUT2D eigenvalue weighted by atomic mass is 35.5. The molecule has 0 bridgehead atoms. The molecule has 2 atom stereocenters. The number of nitrogens with one attached hydrogen (secondary N) is 3. The summed E-state index contributed by atoms with van der Waals surface area (Å²) in [5.74, 6) is 0.528. The summed E-state index contributed by atoms with van der Waals surface area (Å²) in [6.07, 6.45) is -4.36. The van der Waals surface area contributed by atoms with Crippen LogP contribution in [-0.4, -0.2) is 38.0 Å². The molecule has 0 fully saturated rings. The van der Waals surface area contributed by atoms with Gasteiger partial charge in [0.1, 0.15) is 5.75 Å². The van der Waals surface area contributed by atoms with E-state index >= 15 is 0 Å². The third-order valence-electron chi connectivity index (χ3n) is 4.67. The summed E-state index contributed by atoms with van der Waals surface area (Å²) >= 11 is 5.58. The Labute approximate surface area is 202 Å². The number of hydrogen-bond acceptors (Lipinski definition) is 7. The Kier molecular flexibility index (Phi) is 7.68. The second-order valence-electron chi connectivity index (χ2n) is 7.56. The van der Waals surface area contributed by atoms with Crippen molar-refractivity contribution in [2.45, 2.75) is 31.9 Å². The summed E-state index contributed by atoms with van der Waals surface area (Å²) < 4.78 is 44.6. The SMILES string of the molecule is C[C@@H](O)[C@@](C)(O)Nc1nccc(Oc2ccc(NC(=O)Nc3ccc(Cl)c(C(F)(F)F)c3)cc2)n1. The topological polar surface area (TPSA) is 129 Å². The smallest absolute Gasteiger partial charge is 0.417 e. The van der Waals surface area contributed by atoms with E-state index in [0.29, 0.717) is 11.4 Å². The summed E-state index contributed by atoms with van der Waals surface area (Å²) in [6.45, 7) is 2.76. The van der Waals surface area contributed by atoms with Crippen LogP contribution in [0, 0.1) is 0 Å². The molecular formula is C22H21ClF3N5O4. The zero-order valence-corrected chi connectivity index (χ0v) is 19.1. The molecule has 1 aromatic heterocycles. The second kappa shape index (κ2) is 10.3. The van der Waals surface area contributed by atoms with E-state index in [-0.39, 0.29) is 17.5 Å². The fraction of sp³-hybridized carbons (Fsp3) is 0.227. The number of aliphatic hydroxyl groups is 2. The molecule has 0 saturated heterocycles. The van der Waals surface area contributed by atoms with Gasteiger partial charge in [0.25, 0.3) is 0 Å². The predicted molar refractivity (Wildman–Crippen MR) is 124 cm³/mol. The number of aromatic nitrogens is 2. The second-order valence-corrected chi connectivity index (χ2v) is 7.97. The average Bonchev–Trinajstić information content (AvgIpc) is 2.75. The summed E-state index contributed by atoms with van der Waals surface area (Å²) in [5.41, 5.74) is -2.46. The molecule has 2 amide bonds. The van der Waals surface area contributed by atoms with Crippen LogP contribution in [0.2, 0.25) is 5.02 Å². The van der Waals surface area contributed by atoms with Gasteiger partial charge >= 0.3 is 12.2 Å². The van der Waals surface area contributed by atoms with E-state index in [9.17, 15) is 28.2 Å².